The Bertz CT molecular complexity index is 214. The molecule has 11 heavy (non-hydrogen) atoms. The first-order valence-electron chi connectivity index (χ1n) is 4.20. The minimum atomic E-state index is 0.831. The summed E-state index contributed by atoms with van der Waals surface area (Å²) in [5.41, 5.74) is 1.45. The van der Waals surface area contributed by atoms with E-state index in [4.69, 9.17) is 0 Å². The number of rotatable bonds is 1. The van der Waals surface area contributed by atoms with Crippen molar-refractivity contribution in [2.24, 2.45) is 5.92 Å². The van der Waals surface area contributed by atoms with Gasteiger partial charge in [0.2, 0.25) is 0 Å². The summed E-state index contributed by atoms with van der Waals surface area (Å²) >= 11 is 0. The highest BCUT2D eigenvalue weighted by Crippen LogP contribution is 2.42. The quantitative estimate of drug-likeness (QED) is 0.551. The molecule has 0 unspecified atom stereocenters. The second-order valence-corrected chi connectivity index (χ2v) is 5.63. The van der Waals surface area contributed by atoms with E-state index in [1.54, 1.807) is 0 Å². The fourth-order valence-corrected chi connectivity index (χ4v) is 3.97. The van der Waals surface area contributed by atoms with E-state index in [-0.39, 0.29) is 0 Å². The maximum absolute atomic E-state index is 4.54. The summed E-state index contributed by atoms with van der Waals surface area (Å²) in [5.74, 6) is 0.831. The van der Waals surface area contributed by atoms with Gasteiger partial charge in [0.25, 0.3) is 0 Å². The van der Waals surface area contributed by atoms with Crippen molar-refractivity contribution in [1.82, 2.24) is 5.09 Å². The molecule has 1 saturated carbocycles. The fraction of sp³-hybridized carbons (Fsp3) is 0.750. The summed E-state index contributed by atoms with van der Waals surface area (Å²) < 4.78 is 0. The minimum absolute atomic E-state index is 0.831. The van der Waals surface area contributed by atoms with Gasteiger partial charge in [-0.15, -0.1) is 0 Å². The molecule has 0 saturated heterocycles. The van der Waals surface area contributed by atoms with Crippen LogP contribution in [0.5, 0.6) is 0 Å². The molecular formula is C8H12NP2. The van der Waals surface area contributed by atoms with Crippen LogP contribution in [0, 0.1) is 5.92 Å². The topological polar surface area (TPSA) is 14.1 Å². The second-order valence-electron chi connectivity index (χ2n) is 3.24. The smallest absolute Gasteiger partial charge is 0.0699 e. The van der Waals surface area contributed by atoms with E-state index in [2.05, 4.69) is 12.0 Å². The second kappa shape index (κ2) is 3.25. The summed E-state index contributed by atoms with van der Waals surface area (Å²) in [6.07, 6.45) is 5.62. The highest BCUT2D eigenvalue weighted by Gasteiger charge is 2.23. The third kappa shape index (κ3) is 1.50. The summed E-state index contributed by atoms with van der Waals surface area (Å²) in [6.45, 7) is 2.23. The van der Waals surface area contributed by atoms with Gasteiger partial charge in [-0.05, 0) is 27.6 Å². The van der Waals surface area contributed by atoms with Crippen LogP contribution in [0.1, 0.15) is 32.6 Å². The summed E-state index contributed by atoms with van der Waals surface area (Å²) in [5, 5.41) is 6.06. The van der Waals surface area contributed by atoms with Crippen molar-refractivity contribution in [3.8, 4) is 0 Å². The summed E-state index contributed by atoms with van der Waals surface area (Å²) in [6, 6.07) is 0. The van der Waals surface area contributed by atoms with E-state index in [1.165, 1.54) is 52.6 Å². The third-order valence-electron chi connectivity index (χ3n) is 2.46. The zero-order chi connectivity index (χ0) is 7.68. The van der Waals surface area contributed by atoms with Crippen molar-refractivity contribution in [2.45, 2.75) is 32.6 Å². The molecule has 1 radical (unpaired) electrons. The lowest BCUT2D eigenvalue weighted by Crippen LogP contribution is -2.03. The van der Waals surface area contributed by atoms with Crippen LogP contribution in [0.15, 0.2) is 11.0 Å². The Labute approximate surface area is 71.1 Å². The van der Waals surface area contributed by atoms with Crippen LogP contribution in [-0.4, -0.2) is 0 Å². The van der Waals surface area contributed by atoms with Crippen LogP contribution >= 0.6 is 15.9 Å². The summed E-state index contributed by atoms with van der Waals surface area (Å²) in [4.78, 5) is 0. The maximum atomic E-state index is 4.54. The average Bonchev–Trinajstić information content (AvgIpc) is 2.55. The molecule has 3 heteroatoms. The number of nitrogens with zero attached hydrogens (tertiary/aromatic N) is 1. The van der Waals surface area contributed by atoms with Gasteiger partial charge in [0.05, 0.1) is 13.7 Å². The predicted molar refractivity (Wildman–Crippen MR) is 50.6 cm³/mol. The van der Waals surface area contributed by atoms with Crippen molar-refractivity contribution < 1.29 is 0 Å². The molecule has 0 aromatic heterocycles. The number of allylic oxidation sites excluding steroid dienone is 2. The molecule has 0 aromatic rings. The van der Waals surface area contributed by atoms with Crippen molar-refractivity contribution in [2.75, 3.05) is 0 Å². The van der Waals surface area contributed by atoms with Gasteiger partial charge in [0, 0.05) is 11.2 Å². The maximum Gasteiger partial charge on any atom is 0.0699 e. The SMILES string of the molecule is CC1=C(C2CCCC2)[N]P=P1. The van der Waals surface area contributed by atoms with Crippen LogP contribution in [0.25, 0.3) is 0 Å². The van der Waals surface area contributed by atoms with E-state index < -0.39 is 0 Å². The molecule has 2 rings (SSSR count). The van der Waals surface area contributed by atoms with E-state index in [0.717, 1.165) is 5.92 Å². The lowest BCUT2D eigenvalue weighted by atomic mass is 10.0. The molecule has 1 aliphatic carbocycles. The van der Waals surface area contributed by atoms with Gasteiger partial charge in [0.15, 0.2) is 0 Å². The molecular weight excluding hydrogens is 172 g/mol. The zero-order valence-electron chi connectivity index (χ0n) is 6.75. The standard InChI is InChI=1S/C8H12NP2/c1-6-8(9-11-10-6)7-4-2-3-5-7/h7H,2-5H2,1H3. The molecule has 0 atom stereocenters. The Morgan fingerprint density at radius 2 is 2.09 bits per heavy atom. The van der Waals surface area contributed by atoms with Crippen molar-refractivity contribution in [3.63, 3.8) is 0 Å². The van der Waals surface area contributed by atoms with E-state index in [9.17, 15) is 0 Å². The normalized spacial score (nSPS) is 27.7. The van der Waals surface area contributed by atoms with Crippen LogP contribution < -0.4 is 5.09 Å². The van der Waals surface area contributed by atoms with E-state index >= 15 is 0 Å². The molecule has 2 aliphatic rings. The monoisotopic (exact) mass is 184 g/mol. The van der Waals surface area contributed by atoms with E-state index in [1.807, 2.05) is 0 Å². The Kier molecular flexibility index (Phi) is 2.30. The molecule has 59 valence electrons. The Hall–Kier alpha value is 0.140. The molecule has 0 bridgehead atoms. The molecule has 0 amide bonds. The first kappa shape index (κ1) is 7.77. The van der Waals surface area contributed by atoms with Crippen LogP contribution in [0.2, 0.25) is 0 Å². The van der Waals surface area contributed by atoms with Crippen molar-refractivity contribution in [3.05, 3.63) is 11.0 Å². The van der Waals surface area contributed by atoms with Gasteiger partial charge in [0.1, 0.15) is 0 Å². The molecule has 0 N–H and O–H groups in total. The fourth-order valence-electron chi connectivity index (χ4n) is 1.84. The van der Waals surface area contributed by atoms with Crippen LogP contribution in [-0.2, 0) is 0 Å². The first-order chi connectivity index (χ1) is 5.38. The van der Waals surface area contributed by atoms with Gasteiger partial charge < -0.3 is 0 Å². The number of hydrogen-bond acceptors (Lipinski definition) is 0. The minimum Gasteiger partial charge on any atom is -0.226 e. The van der Waals surface area contributed by atoms with Crippen LogP contribution in [0.3, 0.4) is 0 Å². The van der Waals surface area contributed by atoms with Crippen molar-refractivity contribution in [1.29, 1.82) is 0 Å². The van der Waals surface area contributed by atoms with Gasteiger partial charge >= 0.3 is 0 Å². The molecule has 1 fully saturated rings. The molecule has 0 spiro atoms. The molecule has 1 heterocycles. The van der Waals surface area contributed by atoms with Crippen LogP contribution in [0.4, 0.5) is 0 Å². The highest BCUT2D eigenvalue weighted by atomic mass is 31.7. The van der Waals surface area contributed by atoms with Gasteiger partial charge in [-0.2, -0.15) is 0 Å². The van der Waals surface area contributed by atoms with Gasteiger partial charge in [-0.3, -0.25) is 0 Å². The first-order valence-corrected chi connectivity index (χ1v) is 6.65. The number of hydrogen-bond donors (Lipinski definition) is 0. The lowest BCUT2D eigenvalue weighted by Gasteiger charge is -2.09. The van der Waals surface area contributed by atoms with Gasteiger partial charge in [-0.1, -0.05) is 12.8 Å². The zero-order valence-corrected chi connectivity index (χ0v) is 8.54. The summed E-state index contributed by atoms with van der Waals surface area (Å²) in [7, 11) is 2.69. The predicted octanol–water partition coefficient (Wildman–Crippen LogP) is 3.75. The third-order valence-corrected chi connectivity index (χ3v) is 4.82. The average molecular weight is 184 g/mol. The largest absolute Gasteiger partial charge is 0.226 e. The Morgan fingerprint density at radius 1 is 1.36 bits per heavy atom. The Balaban J connectivity index is 2.10. The Morgan fingerprint density at radius 3 is 2.64 bits per heavy atom. The lowest BCUT2D eigenvalue weighted by molar-refractivity contribution is 0.619. The molecule has 1 nitrogen and oxygen atoms in total. The highest BCUT2D eigenvalue weighted by molar-refractivity contribution is 7.85. The molecule has 0 aromatic carbocycles. The van der Waals surface area contributed by atoms with Crippen molar-refractivity contribution >= 4 is 15.9 Å². The van der Waals surface area contributed by atoms with E-state index in [0.29, 0.717) is 0 Å². The molecule has 1 aliphatic heterocycles. The van der Waals surface area contributed by atoms with Gasteiger partial charge in [-0.25, -0.2) is 5.09 Å².